The van der Waals surface area contributed by atoms with E-state index < -0.39 is 35.8 Å². The fourth-order valence-corrected chi connectivity index (χ4v) is 1.72. The van der Waals surface area contributed by atoms with E-state index in [-0.39, 0.29) is 6.61 Å². The summed E-state index contributed by atoms with van der Waals surface area (Å²) in [7, 11) is 0. The van der Waals surface area contributed by atoms with Crippen molar-refractivity contribution in [3.8, 4) is 0 Å². The highest BCUT2D eigenvalue weighted by molar-refractivity contribution is 4.92. The molecule has 1 aliphatic rings. The fourth-order valence-electron chi connectivity index (χ4n) is 1.72. The first-order valence-corrected chi connectivity index (χ1v) is 4.95. The Morgan fingerprint density at radius 3 is 2.88 bits per heavy atom. The van der Waals surface area contributed by atoms with Crippen molar-refractivity contribution in [2.45, 2.75) is 24.5 Å². The highest BCUT2D eigenvalue weighted by atomic mass is 16.6. The molecule has 8 nitrogen and oxygen atoms in total. The van der Waals surface area contributed by atoms with Gasteiger partial charge in [0.15, 0.2) is 6.23 Å². The lowest BCUT2D eigenvalue weighted by molar-refractivity contribution is -0.0550. The van der Waals surface area contributed by atoms with Gasteiger partial charge in [0.25, 0.3) is 5.56 Å². The second-order valence-electron chi connectivity index (χ2n) is 3.73. The van der Waals surface area contributed by atoms with E-state index in [4.69, 9.17) is 6.17 Å². The number of aliphatic hydroxyl groups excluding tert-OH is 3. The van der Waals surface area contributed by atoms with Crippen LogP contribution in [0.15, 0.2) is 21.9 Å². The van der Waals surface area contributed by atoms with Gasteiger partial charge in [-0.1, -0.05) is 0 Å². The molecule has 4 unspecified atom stereocenters. The maximum absolute atomic E-state index is 11.5. The van der Waals surface area contributed by atoms with Crippen LogP contribution in [0.1, 0.15) is 6.23 Å². The monoisotopic (exact) mass is 246 g/mol. The summed E-state index contributed by atoms with van der Waals surface area (Å²) in [5, 5.41) is 23.5. The Hall–Kier alpha value is -1.48. The molecule has 0 aliphatic carbocycles. The molecule has 1 aliphatic heterocycles. The van der Waals surface area contributed by atoms with Gasteiger partial charge in [0.05, 0.1) is 6.61 Å². The number of aromatic nitrogens is 2. The molecule has 0 amide bonds. The maximum atomic E-state index is 11.5. The van der Waals surface area contributed by atoms with Crippen LogP contribution in [-0.2, 0) is 4.74 Å². The summed E-state index contributed by atoms with van der Waals surface area (Å²) in [6.07, 6.45) is -3.52. The first kappa shape index (κ1) is 10.7. The maximum Gasteiger partial charge on any atom is 0.330 e. The summed E-state index contributed by atoms with van der Waals surface area (Å²) in [6, 6.07) is 1.10. The second-order valence-corrected chi connectivity index (χ2v) is 3.73. The van der Waals surface area contributed by atoms with Crippen molar-refractivity contribution in [2.24, 2.45) is 0 Å². The molecule has 2 heterocycles. The first-order valence-electron chi connectivity index (χ1n) is 5.36. The molecule has 2 rings (SSSR count). The Kier molecular flexibility index (Phi) is 2.77. The second kappa shape index (κ2) is 4.41. The molecule has 8 heteroatoms. The number of rotatable bonds is 3. The first-order chi connectivity index (χ1) is 8.54. The molecular formula is C9H12N2O6. The average Bonchev–Trinajstić information content (AvgIpc) is 2.58. The number of aliphatic hydroxyl groups is 3. The summed E-state index contributed by atoms with van der Waals surface area (Å²) in [4.78, 5) is 24.4. The SMILES string of the molecule is [3H]OCC1OC(n2ccc(=O)[nH]c2=O)C(O)C1O. The van der Waals surface area contributed by atoms with Gasteiger partial charge in [0, 0.05) is 12.3 Å². The Labute approximate surface area is 96.2 Å². The van der Waals surface area contributed by atoms with Crippen LogP contribution >= 0.6 is 0 Å². The van der Waals surface area contributed by atoms with Crippen LogP contribution < -0.4 is 11.2 Å². The van der Waals surface area contributed by atoms with Crippen molar-refractivity contribution in [2.75, 3.05) is 6.61 Å². The van der Waals surface area contributed by atoms with Crippen LogP contribution in [0.25, 0.3) is 0 Å². The molecule has 1 fully saturated rings. The van der Waals surface area contributed by atoms with E-state index in [1.165, 1.54) is 0 Å². The van der Waals surface area contributed by atoms with Crippen molar-refractivity contribution >= 4 is 0 Å². The third-order valence-electron chi connectivity index (χ3n) is 2.63. The lowest BCUT2D eigenvalue weighted by Crippen LogP contribution is -2.37. The molecule has 1 aromatic rings. The van der Waals surface area contributed by atoms with Crippen LogP contribution in [0.3, 0.4) is 0 Å². The van der Waals surface area contributed by atoms with Gasteiger partial charge in [0.2, 0.25) is 1.43 Å². The normalized spacial score (nSPS) is 33.6. The van der Waals surface area contributed by atoms with Gasteiger partial charge in [0.1, 0.15) is 18.3 Å². The molecular weight excluding hydrogens is 232 g/mol. The van der Waals surface area contributed by atoms with Crippen molar-refractivity contribution in [1.29, 1.82) is 1.43 Å². The third-order valence-corrected chi connectivity index (χ3v) is 2.63. The van der Waals surface area contributed by atoms with E-state index in [9.17, 15) is 19.8 Å². The van der Waals surface area contributed by atoms with Gasteiger partial charge in [-0.3, -0.25) is 14.3 Å². The van der Waals surface area contributed by atoms with Gasteiger partial charge in [-0.05, 0) is 0 Å². The zero-order chi connectivity index (χ0) is 13.3. The lowest BCUT2D eigenvalue weighted by atomic mass is 10.1. The van der Waals surface area contributed by atoms with Gasteiger partial charge < -0.3 is 20.1 Å². The Morgan fingerprint density at radius 1 is 1.47 bits per heavy atom. The fraction of sp³-hybridized carbons (Fsp3) is 0.556. The van der Waals surface area contributed by atoms with E-state index in [0.717, 1.165) is 16.8 Å². The number of hydrogen-bond acceptors (Lipinski definition) is 6. The van der Waals surface area contributed by atoms with Crippen LogP contribution in [0.5, 0.6) is 0 Å². The lowest BCUT2D eigenvalue weighted by Gasteiger charge is -2.16. The number of hydrogen-bond donors (Lipinski definition) is 4. The molecule has 1 saturated heterocycles. The molecule has 94 valence electrons. The highest BCUT2D eigenvalue weighted by Crippen LogP contribution is 2.27. The standard InChI is InChI=1S/C9H12N2O6/c12-3-4-6(14)7(15)8(17-4)11-2-1-5(13)10-9(11)16/h1-2,4,6-8,12,14-15H,3H2,(H,10,13,16)/i12T. The molecule has 0 saturated carbocycles. The van der Waals surface area contributed by atoms with E-state index in [2.05, 4.69) is 5.11 Å². The minimum Gasteiger partial charge on any atom is -0.394 e. The van der Waals surface area contributed by atoms with Crippen molar-refractivity contribution < 1.29 is 20.1 Å². The molecule has 0 aromatic carbocycles. The van der Waals surface area contributed by atoms with E-state index >= 15 is 0 Å². The number of nitrogens with zero attached hydrogens (tertiary/aromatic N) is 1. The minimum atomic E-state index is -1.35. The molecule has 17 heavy (non-hydrogen) atoms. The molecule has 4 N–H and O–H groups in total. The average molecular weight is 246 g/mol. The zero-order valence-corrected chi connectivity index (χ0v) is 8.65. The highest BCUT2D eigenvalue weighted by Gasteiger charge is 2.43. The predicted molar refractivity (Wildman–Crippen MR) is 54.3 cm³/mol. The van der Waals surface area contributed by atoms with Gasteiger partial charge in [-0.25, -0.2) is 4.79 Å². The predicted octanol–water partition coefficient (Wildman–Crippen LogP) is -2.85. The Morgan fingerprint density at radius 2 is 2.24 bits per heavy atom. The number of nitrogens with one attached hydrogen (secondary N) is 1. The van der Waals surface area contributed by atoms with Crippen molar-refractivity contribution in [3.63, 3.8) is 0 Å². The zero-order valence-electron chi connectivity index (χ0n) is 9.65. The Bertz CT molecular complexity index is 528. The van der Waals surface area contributed by atoms with E-state index in [0.29, 0.717) is 0 Å². The van der Waals surface area contributed by atoms with E-state index in [1.807, 2.05) is 4.98 Å². The van der Waals surface area contributed by atoms with E-state index in [1.54, 1.807) is 0 Å². The molecule has 0 radical (unpaired) electrons. The molecule has 0 spiro atoms. The smallest absolute Gasteiger partial charge is 0.330 e. The van der Waals surface area contributed by atoms with Gasteiger partial charge in [-0.2, -0.15) is 0 Å². The number of ether oxygens (including phenoxy) is 1. The van der Waals surface area contributed by atoms with Crippen molar-refractivity contribution in [3.05, 3.63) is 33.1 Å². The van der Waals surface area contributed by atoms with Crippen LogP contribution in [0, 0.1) is 0 Å². The molecule has 0 bridgehead atoms. The van der Waals surface area contributed by atoms with Crippen LogP contribution in [0.4, 0.5) is 0 Å². The summed E-state index contributed by atoms with van der Waals surface area (Å²) in [5.41, 5.74) is -1.33. The van der Waals surface area contributed by atoms with Gasteiger partial charge in [-0.15, -0.1) is 0 Å². The summed E-state index contributed by atoms with van der Waals surface area (Å²) in [5.74, 6) is 0. The van der Waals surface area contributed by atoms with Crippen LogP contribution in [0.2, 0.25) is 0 Å². The largest absolute Gasteiger partial charge is 0.394 e. The summed E-state index contributed by atoms with van der Waals surface area (Å²) < 4.78 is 12.8. The Balaban J connectivity index is 2.29. The summed E-state index contributed by atoms with van der Waals surface area (Å²) in [6.45, 7) is -0.243. The van der Waals surface area contributed by atoms with Crippen LogP contribution in [-0.4, -0.2) is 51.2 Å². The topological polar surface area (TPSA) is 125 Å². The minimum absolute atomic E-state index is 0.243. The van der Waals surface area contributed by atoms with Gasteiger partial charge >= 0.3 is 5.69 Å². The summed E-state index contributed by atoms with van der Waals surface area (Å²) >= 11 is 0. The number of H-pyrrole nitrogens is 1. The quantitative estimate of drug-likeness (QED) is 0.455. The molecule has 1 aromatic heterocycles. The molecule has 4 atom stereocenters. The van der Waals surface area contributed by atoms with Crippen molar-refractivity contribution in [1.82, 2.24) is 9.55 Å². The third kappa shape index (κ3) is 2.03. The number of aromatic amines is 1.